The van der Waals surface area contributed by atoms with E-state index in [1.54, 1.807) is 12.1 Å². The molecular formula is C31H37N7O5. The van der Waals surface area contributed by atoms with Crippen LogP contribution in [-0.2, 0) is 22.7 Å². The predicted molar refractivity (Wildman–Crippen MR) is 160 cm³/mol. The standard InChI is InChI=1S/C31H37N7O5/c1-35-10-12-37(13-11-35)31-33-16-21-14-20(2-5-26(21)34-31)17-36-9-8-24(19-36)43-23-3-4-25-22(15-23)18-38(30(25)42)27(29(32)41)6-7-28(39)40/h2-5,14-16,24,27H,6-13,17-19H2,1H3,(H2,32,41)(H,39,40)/t24-,27-/m0/s1. The third kappa shape index (κ3) is 6.40. The van der Waals surface area contributed by atoms with E-state index in [2.05, 4.69) is 44.9 Å². The molecule has 0 saturated carbocycles. The Morgan fingerprint density at radius 1 is 1.12 bits per heavy atom. The molecule has 43 heavy (non-hydrogen) atoms. The Morgan fingerprint density at radius 2 is 1.93 bits per heavy atom. The summed E-state index contributed by atoms with van der Waals surface area (Å²) in [5.74, 6) is -0.608. The number of amides is 2. The van der Waals surface area contributed by atoms with Crippen LogP contribution in [0.15, 0.2) is 42.6 Å². The zero-order valence-corrected chi connectivity index (χ0v) is 24.3. The Bertz CT molecular complexity index is 1540. The molecule has 2 atom stereocenters. The molecule has 4 heterocycles. The van der Waals surface area contributed by atoms with Crippen molar-refractivity contribution < 1.29 is 24.2 Å². The number of nitrogens with two attached hydrogens (primary N) is 1. The fourth-order valence-electron chi connectivity index (χ4n) is 6.17. The van der Waals surface area contributed by atoms with Gasteiger partial charge in [-0.3, -0.25) is 19.3 Å². The van der Waals surface area contributed by atoms with E-state index in [0.29, 0.717) is 11.3 Å². The van der Waals surface area contributed by atoms with Gasteiger partial charge in [-0.15, -0.1) is 0 Å². The lowest BCUT2D eigenvalue weighted by molar-refractivity contribution is -0.137. The number of ether oxygens (including phenoxy) is 1. The van der Waals surface area contributed by atoms with Crippen LogP contribution in [0.5, 0.6) is 5.75 Å². The number of carbonyl (C=O) groups excluding carboxylic acids is 2. The van der Waals surface area contributed by atoms with Gasteiger partial charge in [-0.2, -0.15) is 0 Å². The molecule has 6 rings (SSSR count). The molecule has 12 heteroatoms. The number of carboxylic acids is 1. The lowest BCUT2D eigenvalue weighted by atomic mass is 10.1. The Labute approximate surface area is 250 Å². The second-order valence-electron chi connectivity index (χ2n) is 11.7. The number of piperazine rings is 1. The van der Waals surface area contributed by atoms with Gasteiger partial charge in [0, 0.05) is 75.9 Å². The van der Waals surface area contributed by atoms with Gasteiger partial charge in [-0.1, -0.05) is 6.07 Å². The van der Waals surface area contributed by atoms with Gasteiger partial charge in [0.25, 0.3) is 5.91 Å². The predicted octanol–water partition coefficient (Wildman–Crippen LogP) is 1.71. The monoisotopic (exact) mass is 587 g/mol. The summed E-state index contributed by atoms with van der Waals surface area (Å²) in [6, 6.07) is 10.7. The summed E-state index contributed by atoms with van der Waals surface area (Å²) < 4.78 is 6.31. The van der Waals surface area contributed by atoms with E-state index in [-0.39, 0.29) is 31.4 Å². The van der Waals surface area contributed by atoms with Gasteiger partial charge in [-0.05, 0) is 61.3 Å². The fraction of sp³-hybridized carbons (Fsp3) is 0.452. The Kier molecular flexibility index (Phi) is 8.13. The maximum absolute atomic E-state index is 13.0. The van der Waals surface area contributed by atoms with Crippen LogP contribution in [0.4, 0.5) is 5.95 Å². The van der Waals surface area contributed by atoms with Crippen LogP contribution in [-0.4, -0.2) is 106 Å². The van der Waals surface area contributed by atoms with Crippen molar-refractivity contribution in [1.82, 2.24) is 24.7 Å². The molecule has 3 aromatic rings. The van der Waals surface area contributed by atoms with Crippen molar-refractivity contribution >= 4 is 34.6 Å². The minimum absolute atomic E-state index is 0.00938. The van der Waals surface area contributed by atoms with E-state index in [1.807, 2.05) is 12.3 Å². The van der Waals surface area contributed by atoms with Crippen molar-refractivity contribution in [2.45, 2.75) is 44.5 Å². The van der Waals surface area contributed by atoms with Crippen LogP contribution in [0.3, 0.4) is 0 Å². The number of nitrogens with zero attached hydrogens (tertiary/aromatic N) is 6. The number of benzene rings is 2. The third-order valence-electron chi connectivity index (χ3n) is 8.60. The molecule has 2 fully saturated rings. The Hall–Kier alpha value is -4.29. The zero-order valence-electron chi connectivity index (χ0n) is 24.3. The topological polar surface area (TPSA) is 145 Å². The number of anilines is 1. The molecule has 1 aromatic heterocycles. The molecule has 3 N–H and O–H groups in total. The molecule has 0 bridgehead atoms. The van der Waals surface area contributed by atoms with Gasteiger partial charge in [0.15, 0.2) is 0 Å². The van der Waals surface area contributed by atoms with Crippen LogP contribution in [0.25, 0.3) is 10.9 Å². The third-order valence-corrected chi connectivity index (χ3v) is 8.60. The van der Waals surface area contributed by atoms with Crippen molar-refractivity contribution in [3.63, 3.8) is 0 Å². The lowest BCUT2D eigenvalue weighted by Crippen LogP contribution is -2.45. The van der Waals surface area contributed by atoms with Crippen molar-refractivity contribution in [3.8, 4) is 5.75 Å². The van der Waals surface area contributed by atoms with Crippen LogP contribution in [0.2, 0.25) is 0 Å². The normalized spacial score (nSPS) is 20.0. The summed E-state index contributed by atoms with van der Waals surface area (Å²) in [7, 11) is 2.14. The minimum Gasteiger partial charge on any atom is -0.489 e. The number of aromatic nitrogens is 2. The minimum atomic E-state index is -1.04. The summed E-state index contributed by atoms with van der Waals surface area (Å²) in [4.78, 5) is 53.7. The first-order valence-corrected chi connectivity index (χ1v) is 14.8. The molecule has 0 radical (unpaired) electrons. The van der Waals surface area contributed by atoms with Gasteiger partial charge >= 0.3 is 5.97 Å². The van der Waals surface area contributed by atoms with E-state index >= 15 is 0 Å². The second-order valence-corrected chi connectivity index (χ2v) is 11.7. The van der Waals surface area contributed by atoms with Crippen molar-refractivity contribution in [3.05, 3.63) is 59.3 Å². The molecule has 2 saturated heterocycles. The van der Waals surface area contributed by atoms with Gasteiger partial charge < -0.3 is 30.3 Å². The van der Waals surface area contributed by atoms with Gasteiger partial charge in [-0.25, -0.2) is 9.97 Å². The summed E-state index contributed by atoms with van der Waals surface area (Å²) in [5.41, 5.74) is 8.89. The van der Waals surface area contributed by atoms with Crippen molar-refractivity contribution in [1.29, 1.82) is 0 Å². The molecule has 12 nitrogen and oxygen atoms in total. The highest BCUT2D eigenvalue weighted by atomic mass is 16.5. The van der Waals surface area contributed by atoms with E-state index in [0.717, 1.165) is 74.6 Å². The SMILES string of the molecule is CN1CCN(c2ncc3cc(CN4CC[C@H](Oc5ccc6c(c5)CN([C@@H](CCC(=O)O)C(N)=O)C6=O)C4)ccc3n2)CC1. The molecule has 3 aliphatic heterocycles. The molecule has 0 spiro atoms. The number of likely N-dealkylation sites (N-methyl/N-ethyl adjacent to an activating group) is 1. The molecule has 0 aliphatic carbocycles. The van der Waals surface area contributed by atoms with Crippen molar-refractivity contribution in [2.75, 3.05) is 51.2 Å². The number of primary amides is 1. The Morgan fingerprint density at radius 3 is 2.70 bits per heavy atom. The molecule has 0 unspecified atom stereocenters. The molecular weight excluding hydrogens is 550 g/mol. The fourth-order valence-corrected chi connectivity index (χ4v) is 6.17. The number of carbonyl (C=O) groups is 3. The highest BCUT2D eigenvalue weighted by Gasteiger charge is 2.36. The quantitative estimate of drug-likeness (QED) is 0.360. The second kappa shape index (κ2) is 12.1. The van der Waals surface area contributed by atoms with E-state index in [9.17, 15) is 14.4 Å². The number of rotatable bonds is 10. The van der Waals surface area contributed by atoms with E-state index in [4.69, 9.17) is 20.6 Å². The highest BCUT2D eigenvalue weighted by molar-refractivity contribution is 6.01. The van der Waals surface area contributed by atoms with E-state index < -0.39 is 17.9 Å². The summed E-state index contributed by atoms with van der Waals surface area (Å²) in [5, 5.41) is 10.0. The average molecular weight is 588 g/mol. The smallest absolute Gasteiger partial charge is 0.303 e. The summed E-state index contributed by atoms with van der Waals surface area (Å²) in [6.45, 7) is 6.57. The molecule has 2 amide bonds. The number of fused-ring (bicyclic) bond motifs is 2. The molecule has 3 aliphatic rings. The summed E-state index contributed by atoms with van der Waals surface area (Å²) in [6.07, 6.45) is 2.55. The van der Waals surface area contributed by atoms with Crippen LogP contribution in [0.1, 0.15) is 40.7 Å². The van der Waals surface area contributed by atoms with Gasteiger partial charge in [0.2, 0.25) is 11.9 Å². The average Bonchev–Trinajstić information content (AvgIpc) is 3.56. The lowest BCUT2D eigenvalue weighted by Gasteiger charge is -2.32. The first-order valence-electron chi connectivity index (χ1n) is 14.8. The van der Waals surface area contributed by atoms with E-state index in [1.165, 1.54) is 10.5 Å². The number of likely N-dealkylation sites (tertiary alicyclic amines) is 1. The number of aliphatic carboxylic acids is 1. The summed E-state index contributed by atoms with van der Waals surface area (Å²) >= 11 is 0. The first kappa shape index (κ1) is 28.8. The van der Waals surface area contributed by atoms with Crippen molar-refractivity contribution in [2.24, 2.45) is 5.73 Å². The largest absolute Gasteiger partial charge is 0.489 e. The maximum Gasteiger partial charge on any atom is 0.303 e. The van der Waals surface area contributed by atoms with Crippen LogP contribution >= 0.6 is 0 Å². The Balaban J connectivity index is 1.05. The van der Waals surface area contributed by atoms with Gasteiger partial charge in [0.05, 0.1) is 5.52 Å². The molecule has 226 valence electrons. The number of hydrogen-bond donors (Lipinski definition) is 2. The molecule has 2 aromatic carbocycles. The highest BCUT2D eigenvalue weighted by Crippen LogP contribution is 2.31. The van der Waals surface area contributed by atoms with Gasteiger partial charge in [0.1, 0.15) is 17.9 Å². The number of carboxylic acid groups (broad SMARTS) is 1. The van der Waals surface area contributed by atoms with Crippen LogP contribution < -0.4 is 15.4 Å². The first-order chi connectivity index (χ1) is 20.7. The zero-order chi connectivity index (χ0) is 30.1. The van der Waals surface area contributed by atoms with Crippen LogP contribution in [0, 0.1) is 0 Å². The maximum atomic E-state index is 13.0. The number of hydrogen-bond acceptors (Lipinski definition) is 9.